The van der Waals surface area contributed by atoms with Crippen LogP contribution in [-0.2, 0) is 0 Å². The first kappa shape index (κ1) is 13.3. The molecule has 0 aliphatic rings. The third-order valence-electron chi connectivity index (χ3n) is 3.05. The Balaban J connectivity index is 2.05. The van der Waals surface area contributed by atoms with Gasteiger partial charge in [-0.25, -0.2) is 8.78 Å². The Morgan fingerprint density at radius 3 is 2.40 bits per heavy atom. The highest BCUT2D eigenvalue weighted by atomic mass is 79.9. The highest BCUT2D eigenvalue weighted by Crippen LogP contribution is 2.29. The predicted molar refractivity (Wildman–Crippen MR) is 76.3 cm³/mol. The molecule has 0 aliphatic carbocycles. The molecule has 0 fully saturated rings. The molecule has 1 atom stereocenters. The van der Waals surface area contributed by atoms with Gasteiger partial charge in [0.25, 0.3) is 0 Å². The van der Waals surface area contributed by atoms with Gasteiger partial charge in [-0.05, 0) is 42.0 Å². The second-order valence-corrected chi connectivity index (χ2v) is 5.43. The van der Waals surface area contributed by atoms with E-state index in [2.05, 4.69) is 15.9 Å². The van der Waals surface area contributed by atoms with Crippen LogP contribution < -0.4 is 5.73 Å². The SMILES string of the molecule is NC(c1cc(F)cc(F)c1)c1cc2cc(Br)ccc2o1. The van der Waals surface area contributed by atoms with Gasteiger partial charge in [0, 0.05) is 15.9 Å². The van der Waals surface area contributed by atoms with Gasteiger partial charge in [0.2, 0.25) is 0 Å². The summed E-state index contributed by atoms with van der Waals surface area (Å²) in [5, 5.41) is 0.877. The van der Waals surface area contributed by atoms with E-state index in [0.29, 0.717) is 16.9 Å². The third kappa shape index (κ3) is 2.46. The molecule has 2 nitrogen and oxygen atoms in total. The predicted octanol–water partition coefficient (Wildman–Crippen LogP) is 4.52. The lowest BCUT2D eigenvalue weighted by atomic mass is 10.0. The Bertz CT molecular complexity index is 764. The van der Waals surface area contributed by atoms with Crippen molar-refractivity contribution in [3.05, 3.63) is 69.9 Å². The standard InChI is InChI=1S/C15H10BrF2NO/c16-10-1-2-13-8(3-10)6-14(20-13)15(19)9-4-11(17)7-12(18)5-9/h1-7,15H,19H2. The average molecular weight is 338 g/mol. The zero-order chi connectivity index (χ0) is 14.3. The minimum absolute atomic E-state index is 0.334. The number of hydrogen-bond acceptors (Lipinski definition) is 2. The summed E-state index contributed by atoms with van der Waals surface area (Å²) in [5.74, 6) is -0.855. The maximum Gasteiger partial charge on any atom is 0.134 e. The summed E-state index contributed by atoms with van der Waals surface area (Å²) in [7, 11) is 0. The van der Waals surface area contributed by atoms with Crippen LogP contribution in [0.15, 0.2) is 51.4 Å². The molecule has 0 aliphatic heterocycles. The lowest BCUT2D eigenvalue weighted by Gasteiger charge is -2.09. The Morgan fingerprint density at radius 2 is 1.70 bits per heavy atom. The molecule has 2 N–H and O–H groups in total. The fraction of sp³-hybridized carbons (Fsp3) is 0.0667. The molecule has 3 aromatic rings. The summed E-state index contributed by atoms with van der Waals surface area (Å²) in [6.07, 6.45) is 0. The summed E-state index contributed by atoms with van der Waals surface area (Å²) in [6.45, 7) is 0. The molecule has 0 radical (unpaired) electrons. The van der Waals surface area contributed by atoms with Crippen LogP contribution in [0.4, 0.5) is 8.78 Å². The first-order chi connectivity index (χ1) is 9.52. The lowest BCUT2D eigenvalue weighted by molar-refractivity contribution is 0.519. The first-order valence-corrected chi connectivity index (χ1v) is 6.73. The van der Waals surface area contributed by atoms with E-state index in [4.69, 9.17) is 10.2 Å². The van der Waals surface area contributed by atoms with E-state index in [1.165, 1.54) is 12.1 Å². The van der Waals surface area contributed by atoms with Gasteiger partial charge in [-0.2, -0.15) is 0 Å². The van der Waals surface area contributed by atoms with Crippen molar-refractivity contribution in [3.63, 3.8) is 0 Å². The van der Waals surface area contributed by atoms with Crippen LogP contribution in [0, 0.1) is 11.6 Å². The van der Waals surface area contributed by atoms with Gasteiger partial charge in [0.15, 0.2) is 0 Å². The average Bonchev–Trinajstić information content (AvgIpc) is 2.79. The number of nitrogens with two attached hydrogens (primary N) is 1. The highest BCUT2D eigenvalue weighted by molar-refractivity contribution is 9.10. The normalized spacial score (nSPS) is 12.8. The van der Waals surface area contributed by atoms with E-state index in [9.17, 15) is 8.78 Å². The maximum atomic E-state index is 13.2. The second-order valence-electron chi connectivity index (χ2n) is 4.51. The Kier molecular flexibility index (Phi) is 3.31. The molecule has 1 heterocycles. The number of rotatable bonds is 2. The number of furan rings is 1. The molecule has 20 heavy (non-hydrogen) atoms. The van der Waals surface area contributed by atoms with Gasteiger partial charge in [0.05, 0.1) is 6.04 Å². The zero-order valence-corrected chi connectivity index (χ0v) is 11.8. The summed E-state index contributed by atoms with van der Waals surface area (Å²) in [4.78, 5) is 0. The van der Waals surface area contributed by atoms with Crippen molar-refractivity contribution in [2.24, 2.45) is 5.73 Å². The van der Waals surface area contributed by atoms with E-state index >= 15 is 0 Å². The smallest absolute Gasteiger partial charge is 0.134 e. The van der Waals surface area contributed by atoms with Crippen LogP contribution in [0.3, 0.4) is 0 Å². The second kappa shape index (κ2) is 5.00. The Hall–Kier alpha value is -1.72. The van der Waals surface area contributed by atoms with Crippen LogP contribution in [0.1, 0.15) is 17.4 Å². The molecule has 0 saturated carbocycles. The largest absolute Gasteiger partial charge is 0.459 e. The summed E-state index contributed by atoms with van der Waals surface area (Å²) < 4.78 is 33.0. The van der Waals surface area contributed by atoms with Crippen molar-refractivity contribution in [2.75, 3.05) is 0 Å². The van der Waals surface area contributed by atoms with Crippen molar-refractivity contribution >= 4 is 26.9 Å². The van der Waals surface area contributed by atoms with E-state index in [1.807, 2.05) is 18.2 Å². The van der Waals surface area contributed by atoms with Gasteiger partial charge in [0.1, 0.15) is 23.0 Å². The zero-order valence-electron chi connectivity index (χ0n) is 10.2. The monoisotopic (exact) mass is 337 g/mol. The summed E-state index contributed by atoms with van der Waals surface area (Å²) in [5.41, 5.74) is 7.03. The van der Waals surface area contributed by atoms with E-state index < -0.39 is 17.7 Å². The maximum absolute atomic E-state index is 13.2. The highest BCUT2D eigenvalue weighted by Gasteiger charge is 2.16. The van der Waals surface area contributed by atoms with E-state index in [0.717, 1.165) is 15.9 Å². The molecule has 0 spiro atoms. The molecule has 0 bridgehead atoms. The van der Waals surface area contributed by atoms with Gasteiger partial charge in [-0.15, -0.1) is 0 Å². The Morgan fingerprint density at radius 1 is 1.00 bits per heavy atom. The van der Waals surface area contributed by atoms with Crippen molar-refractivity contribution in [2.45, 2.75) is 6.04 Å². The van der Waals surface area contributed by atoms with Crippen molar-refractivity contribution in [1.82, 2.24) is 0 Å². The first-order valence-electron chi connectivity index (χ1n) is 5.93. The van der Waals surface area contributed by atoms with Crippen LogP contribution in [0.2, 0.25) is 0 Å². The van der Waals surface area contributed by atoms with E-state index in [1.54, 1.807) is 6.07 Å². The molecule has 3 rings (SSSR count). The molecule has 5 heteroatoms. The Labute approximate surface area is 122 Å². The fourth-order valence-corrected chi connectivity index (χ4v) is 2.49. The van der Waals surface area contributed by atoms with Gasteiger partial charge in [-0.3, -0.25) is 0 Å². The minimum atomic E-state index is -0.716. The number of hydrogen-bond donors (Lipinski definition) is 1. The fourth-order valence-electron chi connectivity index (χ4n) is 2.11. The lowest BCUT2D eigenvalue weighted by Crippen LogP contribution is -2.11. The molecule has 0 saturated heterocycles. The summed E-state index contributed by atoms with van der Waals surface area (Å²) >= 11 is 3.37. The molecule has 1 unspecified atom stereocenters. The molecule has 1 aromatic heterocycles. The summed E-state index contributed by atoms with van der Waals surface area (Å²) in [6, 6.07) is 9.82. The molecular formula is C15H10BrF2NO. The minimum Gasteiger partial charge on any atom is -0.459 e. The van der Waals surface area contributed by atoms with Crippen LogP contribution in [0.25, 0.3) is 11.0 Å². The molecule has 102 valence electrons. The molecular weight excluding hydrogens is 328 g/mol. The number of fused-ring (bicyclic) bond motifs is 1. The van der Waals surface area contributed by atoms with Crippen molar-refractivity contribution in [1.29, 1.82) is 0 Å². The van der Waals surface area contributed by atoms with Crippen molar-refractivity contribution in [3.8, 4) is 0 Å². The van der Waals surface area contributed by atoms with E-state index in [-0.39, 0.29) is 0 Å². The molecule has 2 aromatic carbocycles. The van der Waals surface area contributed by atoms with Crippen LogP contribution in [-0.4, -0.2) is 0 Å². The van der Waals surface area contributed by atoms with Crippen LogP contribution >= 0.6 is 15.9 Å². The van der Waals surface area contributed by atoms with Crippen LogP contribution in [0.5, 0.6) is 0 Å². The number of halogens is 3. The van der Waals surface area contributed by atoms with Gasteiger partial charge < -0.3 is 10.2 Å². The topological polar surface area (TPSA) is 39.2 Å². The number of benzene rings is 2. The quantitative estimate of drug-likeness (QED) is 0.746. The third-order valence-corrected chi connectivity index (χ3v) is 3.54. The van der Waals surface area contributed by atoms with Crippen molar-refractivity contribution < 1.29 is 13.2 Å². The van der Waals surface area contributed by atoms with Gasteiger partial charge in [-0.1, -0.05) is 15.9 Å². The molecule has 0 amide bonds. The van der Waals surface area contributed by atoms with Gasteiger partial charge >= 0.3 is 0 Å².